The molecule has 0 saturated carbocycles. The Hall–Kier alpha value is -3.86. The zero-order valence-electron chi connectivity index (χ0n) is 17.6. The van der Waals surface area contributed by atoms with Crippen molar-refractivity contribution in [1.29, 1.82) is 0 Å². The first-order valence-corrected chi connectivity index (χ1v) is 10.4. The van der Waals surface area contributed by atoms with Gasteiger partial charge in [0.15, 0.2) is 0 Å². The molecule has 0 atom stereocenters. The highest BCUT2D eigenvalue weighted by molar-refractivity contribution is 5.74. The van der Waals surface area contributed by atoms with Crippen LogP contribution < -0.4 is 5.32 Å². The first kappa shape index (κ1) is 20.4. The molecule has 0 unspecified atom stereocenters. The lowest BCUT2D eigenvalue weighted by Crippen LogP contribution is -2.37. The van der Waals surface area contributed by atoms with Gasteiger partial charge in [0.2, 0.25) is 0 Å². The Balaban J connectivity index is 1.48. The molecule has 31 heavy (non-hydrogen) atoms. The number of benzene rings is 3. The summed E-state index contributed by atoms with van der Waals surface area (Å²) in [4.78, 5) is 14.3. The second-order valence-electron chi connectivity index (χ2n) is 7.47. The molecule has 1 N–H and O–H groups in total. The lowest BCUT2D eigenvalue weighted by Gasteiger charge is -2.18. The number of aromatic nitrogens is 2. The van der Waals surface area contributed by atoms with Crippen LogP contribution in [0.5, 0.6) is 0 Å². The van der Waals surface area contributed by atoms with Crippen LogP contribution in [0.15, 0.2) is 97.2 Å². The summed E-state index contributed by atoms with van der Waals surface area (Å²) in [6, 6.07) is 30.1. The quantitative estimate of drug-likeness (QED) is 0.470. The van der Waals surface area contributed by atoms with Gasteiger partial charge in [0.25, 0.3) is 0 Å². The monoisotopic (exact) mass is 410 g/mol. The summed E-state index contributed by atoms with van der Waals surface area (Å²) in [6.45, 7) is 1.07. The van der Waals surface area contributed by atoms with Gasteiger partial charge in [-0.2, -0.15) is 5.10 Å². The van der Waals surface area contributed by atoms with E-state index >= 15 is 0 Å². The van der Waals surface area contributed by atoms with Crippen molar-refractivity contribution in [2.45, 2.75) is 13.0 Å². The average molecular weight is 411 g/mol. The number of nitrogens with zero attached hydrogens (tertiary/aromatic N) is 3. The third-order valence-electron chi connectivity index (χ3n) is 5.14. The molecule has 5 heteroatoms. The molecule has 1 aromatic heterocycles. The highest BCUT2D eigenvalue weighted by Crippen LogP contribution is 2.24. The Morgan fingerprint density at radius 3 is 2.19 bits per heavy atom. The predicted octanol–water partition coefficient (Wildman–Crippen LogP) is 4.92. The second kappa shape index (κ2) is 9.76. The fourth-order valence-corrected chi connectivity index (χ4v) is 3.50. The van der Waals surface area contributed by atoms with Crippen molar-refractivity contribution in [2.75, 3.05) is 13.6 Å². The molecule has 156 valence electrons. The summed E-state index contributed by atoms with van der Waals surface area (Å²) in [5.41, 5.74) is 5.11. The highest BCUT2D eigenvalue weighted by Gasteiger charge is 2.16. The molecule has 3 aromatic carbocycles. The Kier molecular flexibility index (Phi) is 6.43. The van der Waals surface area contributed by atoms with Gasteiger partial charge in [-0.05, 0) is 24.1 Å². The highest BCUT2D eigenvalue weighted by atomic mass is 16.2. The Morgan fingerprint density at radius 2 is 1.52 bits per heavy atom. The van der Waals surface area contributed by atoms with Crippen LogP contribution in [-0.2, 0) is 13.0 Å². The molecular weight excluding hydrogens is 384 g/mol. The van der Waals surface area contributed by atoms with Crippen LogP contribution in [0.3, 0.4) is 0 Å². The van der Waals surface area contributed by atoms with Gasteiger partial charge in [-0.1, -0.05) is 78.9 Å². The van der Waals surface area contributed by atoms with Crippen molar-refractivity contribution >= 4 is 6.03 Å². The van der Waals surface area contributed by atoms with Crippen LogP contribution in [0.1, 0.15) is 11.1 Å². The van der Waals surface area contributed by atoms with E-state index in [0.29, 0.717) is 13.1 Å². The van der Waals surface area contributed by atoms with Gasteiger partial charge in [-0.15, -0.1) is 0 Å². The normalized spacial score (nSPS) is 10.6. The molecule has 0 aliphatic heterocycles. The standard InChI is InChI=1S/C26H26N4O/c1-29(26(31)27-18-17-21-11-5-2-6-12-21)19-23-20-30(24-15-9-4-10-16-24)28-25(23)22-13-7-3-8-14-22/h2-16,20H,17-19H2,1H3,(H,27,31). The lowest BCUT2D eigenvalue weighted by molar-refractivity contribution is 0.207. The molecule has 0 saturated heterocycles. The summed E-state index contributed by atoms with van der Waals surface area (Å²) in [5, 5.41) is 7.83. The third-order valence-corrected chi connectivity index (χ3v) is 5.14. The lowest BCUT2D eigenvalue weighted by atomic mass is 10.1. The van der Waals surface area contributed by atoms with E-state index in [4.69, 9.17) is 5.10 Å². The van der Waals surface area contributed by atoms with E-state index in [9.17, 15) is 4.79 Å². The van der Waals surface area contributed by atoms with Crippen molar-refractivity contribution in [3.05, 3.63) is 108 Å². The van der Waals surface area contributed by atoms with E-state index in [-0.39, 0.29) is 6.03 Å². The van der Waals surface area contributed by atoms with Gasteiger partial charge in [0.05, 0.1) is 17.9 Å². The molecule has 4 rings (SSSR count). The second-order valence-corrected chi connectivity index (χ2v) is 7.47. The van der Waals surface area contributed by atoms with Gasteiger partial charge in [0.1, 0.15) is 0 Å². The molecule has 0 bridgehead atoms. The molecule has 0 fully saturated rings. The number of rotatable bonds is 7. The van der Waals surface area contributed by atoms with Gasteiger partial charge in [-0.3, -0.25) is 0 Å². The number of hydrogen-bond donors (Lipinski definition) is 1. The predicted molar refractivity (Wildman–Crippen MR) is 124 cm³/mol. The van der Waals surface area contributed by atoms with Crippen molar-refractivity contribution in [3.8, 4) is 16.9 Å². The van der Waals surface area contributed by atoms with E-state index in [1.54, 1.807) is 4.90 Å². The zero-order chi connectivity index (χ0) is 21.5. The van der Waals surface area contributed by atoms with Crippen LogP contribution in [0.4, 0.5) is 4.79 Å². The molecule has 4 aromatic rings. The van der Waals surface area contributed by atoms with Gasteiger partial charge in [0, 0.05) is 30.9 Å². The largest absolute Gasteiger partial charge is 0.338 e. The fraction of sp³-hybridized carbons (Fsp3) is 0.154. The van der Waals surface area contributed by atoms with Gasteiger partial charge in [-0.25, -0.2) is 9.48 Å². The summed E-state index contributed by atoms with van der Waals surface area (Å²) < 4.78 is 1.87. The minimum absolute atomic E-state index is 0.0950. The number of carbonyl (C=O) groups is 1. The maximum atomic E-state index is 12.6. The number of urea groups is 1. The Bertz CT molecular complexity index is 1110. The third kappa shape index (κ3) is 5.20. The summed E-state index contributed by atoms with van der Waals surface area (Å²) in [5.74, 6) is 0. The number of para-hydroxylation sites is 1. The van der Waals surface area contributed by atoms with Crippen LogP contribution in [0.25, 0.3) is 16.9 Å². The smallest absolute Gasteiger partial charge is 0.317 e. The van der Waals surface area contributed by atoms with Crippen LogP contribution >= 0.6 is 0 Å². The molecular formula is C26H26N4O. The number of nitrogens with one attached hydrogen (secondary N) is 1. The topological polar surface area (TPSA) is 50.2 Å². The molecule has 0 aliphatic carbocycles. The fourth-order valence-electron chi connectivity index (χ4n) is 3.50. The maximum absolute atomic E-state index is 12.6. The summed E-state index contributed by atoms with van der Waals surface area (Å²) >= 11 is 0. The molecule has 2 amide bonds. The summed E-state index contributed by atoms with van der Waals surface area (Å²) in [7, 11) is 1.81. The van der Waals surface area contributed by atoms with Crippen molar-refractivity contribution in [1.82, 2.24) is 20.0 Å². The minimum atomic E-state index is -0.0950. The van der Waals surface area contributed by atoms with Gasteiger partial charge < -0.3 is 10.2 Å². The first-order chi connectivity index (χ1) is 15.2. The molecule has 1 heterocycles. The SMILES string of the molecule is CN(Cc1cn(-c2ccccc2)nc1-c1ccccc1)C(=O)NCCc1ccccc1. The van der Waals surface area contributed by atoms with Crippen LogP contribution in [0, 0.1) is 0 Å². The van der Waals surface area contributed by atoms with Crippen molar-refractivity contribution < 1.29 is 4.79 Å². The van der Waals surface area contributed by atoms with Crippen LogP contribution in [0.2, 0.25) is 0 Å². The van der Waals surface area contributed by atoms with E-state index < -0.39 is 0 Å². The summed E-state index contributed by atoms with van der Waals surface area (Å²) in [6.07, 6.45) is 2.81. The first-order valence-electron chi connectivity index (χ1n) is 10.4. The molecule has 0 radical (unpaired) electrons. The van der Waals surface area contributed by atoms with Crippen molar-refractivity contribution in [3.63, 3.8) is 0 Å². The Morgan fingerprint density at radius 1 is 0.903 bits per heavy atom. The van der Waals surface area contributed by atoms with Crippen LogP contribution in [-0.4, -0.2) is 34.3 Å². The van der Waals surface area contributed by atoms with E-state index in [1.807, 2.05) is 96.8 Å². The number of carbonyl (C=O) groups excluding carboxylic acids is 1. The number of amides is 2. The Labute approximate surface area is 183 Å². The van der Waals surface area contributed by atoms with Crippen molar-refractivity contribution in [2.24, 2.45) is 0 Å². The molecule has 0 aliphatic rings. The maximum Gasteiger partial charge on any atom is 0.317 e. The van der Waals surface area contributed by atoms with Gasteiger partial charge >= 0.3 is 6.03 Å². The number of hydrogen-bond acceptors (Lipinski definition) is 2. The molecule has 5 nitrogen and oxygen atoms in total. The zero-order valence-corrected chi connectivity index (χ0v) is 17.6. The van der Waals surface area contributed by atoms with E-state index in [1.165, 1.54) is 5.56 Å². The van der Waals surface area contributed by atoms with E-state index in [0.717, 1.165) is 28.9 Å². The van der Waals surface area contributed by atoms with E-state index in [2.05, 4.69) is 17.4 Å². The average Bonchev–Trinajstić information content (AvgIpc) is 3.24. The molecule has 0 spiro atoms. The minimum Gasteiger partial charge on any atom is -0.338 e.